The van der Waals surface area contributed by atoms with Crippen LogP contribution in [0.1, 0.15) is 39.8 Å². The summed E-state index contributed by atoms with van der Waals surface area (Å²) in [7, 11) is 0. The molecule has 2 aromatic heterocycles. The van der Waals surface area contributed by atoms with E-state index in [0.717, 1.165) is 6.07 Å². The molecule has 0 aromatic carbocycles. The summed E-state index contributed by atoms with van der Waals surface area (Å²) in [4.78, 5) is 32.8. The zero-order valence-electron chi connectivity index (χ0n) is 15.9. The molecular weight excluding hydrogens is 387 g/mol. The highest BCUT2D eigenvalue weighted by atomic mass is 19.4. The number of nitrogens with zero attached hydrogens (tertiary/aromatic N) is 3. The molecule has 2 aromatic rings. The van der Waals surface area contributed by atoms with Gasteiger partial charge in [-0.2, -0.15) is 13.2 Å². The Bertz CT molecular complexity index is 946. The van der Waals surface area contributed by atoms with Gasteiger partial charge in [-0.1, -0.05) is 0 Å². The Hall–Kier alpha value is -3.17. The third-order valence-corrected chi connectivity index (χ3v) is 4.56. The number of hydrogen-bond acceptors (Lipinski definition) is 5. The highest BCUT2D eigenvalue weighted by Crippen LogP contribution is 2.28. The molecule has 0 saturated carbocycles. The molecule has 0 unspecified atom stereocenters. The first-order chi connectivity index (χ1) is 13.6. The number of aryl methyl sites for hydroxylation is 1. The maximum atomic E-state index is 12.7. The summed E-state index contributed by atoms with van der Waals surface area (Å²) >= 11 is 0. The predicted octanol–water partition coefficient (Wildman–Crippen LogP) is 2.51. The molecule has 0 bridgehead atoms. The molecule has 0 saturated heterocycles. The van der Waals surface area contributed by atoms with Gasteiger partial charge in [0.25, 0.3) is 5.91 Å². The van der Waals surface area contributed by atoms with Crippen LogP contribution < -0.4 is 10.6 Å². The lowest BCUT2D eigenvalue weighted by Gasteiger charge is -2.14. The Morgan fingerprint density at radius 3 is 2.72 bits per heavy atom. The molecule has 0 fully saturated rings. The summed E-state index contributed by atoms with van der Waals surface area (Å²) in [6, 6.07) is 4.34. The van der Waals surface area contributed by atoms with Crippen molar-refractivity contribution in [3.8, 4) is 0 Å². The highest BCUT2D eigenvalue weighted by molar-refractivity contribution is 5.98. The van der Waals surface area contributed by atoms with Gasteiger partial charge in [-0.05, 0) is 36.2 Å². The van der Waals surface area contributed by atoms with E-state index in [4.69, 9.17) is 0 Å². The van der Waals surface area contributed by atoms with Crippen molar-refractivity contribution in [1.29, 1.82) is 0 Å². The quantitative estimate of drug-likeness (QED) is 0.769. The van der Waals surface area contributed by atoms with Crippen LogP contribution in [0.4, 0.5) is 19.0 Å². The first-order valence-corrected chi connectivity index (χ1v) is 8.95. The molecule has 2 N–H and O–H groups in total. The van der Waals surface area contributed by atoms with E-state index >= 15 is 0 Å². The van der Waals surface area contributed by atoms with Crippen molar-refractivity contribution < 1.29 is 22.8 Å². The SMILES string of the molecule is CC(=O)NCCN1Cc2nc(NCc3cnc(C(F)(F)F)cc3C)ccc2C1=O. The number of pyridine rings is 2. The number of amides is 2. The summed E-state index contributed by atoms with van der Waals surface area (Å²) in [6.45, 7) is 4.34. The van der Waals surface area contributed by atoms with E-state index in [1.807, 2.05) is 0 Å². The standard InChI is InChI=1S/C19H20F3N5O2/c1-11-7-16(19(20,21)22)24-8-13(11)9-25-17-4-3-14-15(26-17)10-27(18(14)29)6-5-23-12(2)28/h3-4,7-8H,5-6,9-10H2,1-2H3,(H,23,28)(H,25,26). The molecule has 1 aliphatic heterocycles. The summed E-state index contributed by atoms with van der Waals surface area (Å²) in [5.74, 6) is 0.207. The first-order valence-electron chi connectivity index (χ1n) is 8.95. The molecule has 3 rings (SSSR count). The van der Waals surface area contributed by atoms with E-state index in [2.05, 4.69) is 20.6 Å². The fourth-order valence-corrected chi connectivity index (χ4v) is 3.00. The zero-order valence-corrected chi connectivity index (χ0v) is 15.9. The summed E-state index contributed by atoms with van der Waals surface area (Å²) in [5.41, 5.74) is 1.29. The Morgan fingerprint density at radius 2 is 2.07 bits per heavy atom. The Balaban J connectivity index is 1.64. The Labute approximate surface area is 165 Å². The third-order valence-electron chi connectivity index (χ3n) is 4.56. The molecule has 0 aliphatic carbocycles. The van der Waals surface area contributed by atoms with Crippen LogP contribution in [0.2, 0.25) is 0 Å². The molecular formula is C19H20F3N5O2. The molecule has 3 heterocycles. The number of alkyl halides is 3. The van der Waals surface area contributed by atoms with Gasteiger partial charge in [0.05, 0.1) is 17.8 Å². The number of rotatable bonds is 6. The van der Waals surface area contributed by atoms with Gasteiger partial charge in [-0.3, -0.25) is 14.6 Å². The zero-order chi connectivity index (χ0) is 21.2. The maximum absolute atomic E-state index is 12.7. The van der Waals surface area contributed by atoms with Crippen LogP contribution in [0.5, 0.6) is 0 Å². The van der Waals surface area contributed by atoms with Crippen LogP contribution >= 0.6 is 0 Å². The minimum absolute atomic E-state index is 0.146. The van der Waals surface area contributed by atoms with Crippen molar-refractivity contribution in [2.75, 3.05) is 18.4 Å². The normalized spacial score (nSPS) is 13.4. The smallest absolute Gasteiger partial charge is 0.366 e. The van der Waals surface area contributed by atoms with E-state index < -0.39 is 11.9 Å². The van der Waals surface area contributed by atoms with E-state index in [1.54, 1.807) is 24.0 Å². The van der Waals surface area contributed by atoms with Crippen LogP contribution in [-0.2, 0) is 24.1 Å². The number of aromatic nitrogens is 2. The number of carbonyl (C=O) groups is 2. The van der Waals surface area contributed by atoms with Crippen molar-refractivity contribution in [2.45, 2.75) is 33.1 Å². The van der Waals surface area contributed by atoms with Crippen LogP contribution in [0.25, 0.3) is 0 Å². The van der Waals surface area contributed by atoms with Gasteiger partial charge >= 0.3 is 6.18 Å². The molecule has 154 valence electrons. The fraction of sp³-hybridized carbons (Fsp3) is 0.368. The minimum Gasteiger partial charge on any atom is -0.366 e. The van der Waals surface area contributed by atoms with E-state index in [0.29, 0.717) is 47.8 Å². The Morgan fingerprint density at radius 1 is 1.31 bits per heavy atom. The number of anilines is 1. The lowest BCUT2D eigenvalue weighted by molar-refractivity contribution is -0.141. The van der Waals surface area contributed by atoms with E-state index in [1.165, 1.54) is 13.1 Å². The second-order valence-corrected chi connectivity index (χ2v) is 6.75. The van der Waals surface area contributed by atoms with Gasteiger partial charge in [0.1, 0.15) is 11.5 Å². The van der Waals surface area contributed by atoms with Crippen LogP contribution in [0.15, 0.2) is 24.4 Å². The molecule has 29 heavy (non-hydrogen) atoms. The number of hydrogen-bond donors (Lipinski definition) is 2. The van der Waals surface area contributed by atoms with Crippen molar-refractivity contribution in [3.63, 3.8) is 0 Å². The third kappa shape index (κ3) is 4.82. The summed E-state index contributed by atoms with van der Waals surface area (Å²) in [5, 5.41) is 5.70. The molecule has 1 aliphatic rings. The Kier molecular flexibility index (Phi) is 5.71. The van der Waals surface area contributed by atoms with Crippen molar-refractivity contribution >= 4 is 17.6 Å². The second kappa shape index (κ2) is 8.06. The average molecular weight is 407 g/mol. The van der Waals surface area contributed by atoms with Gasteiger partial charge in [-0.25, -0.2) is 4.98 Å². The van der Waals surface area contributed by atoms with Gasteiger partial charge in [0, 0.05) is 32.8 Å². The lowest BCUT2D eigenvalue weighted by atomic mass is 10.1. The van der Waals surface area contributed by atoms with E-state index in [9.17, 15) is 22.8 Å². The molecule has 0 atom stereocenters. The monoisotopic (exact) mass is 407 g/mol. The van der Waals surface area contributed by atoms with Gasteiger partial charge < -0.3 is 15.5 Å². The van der Waals surface area contributed by atoms with Gasteiger partial charge in [0.2, 0.25) is 5.91 Å². The topological polar surface area (TPSA) is 87.2 Å². The highest BCUT2D eigenvalue weighted by Gasteiger charge is 2.32. The van der Waals surface area contributed by atoms with Crippen molar-refractivity contribution in [2.24, 2.45) is 0 Å². The number of halogens is 3. The van der Waals surface area contributed by atoms with Crippen LogP contribution in [0.3, 0.4) is 0 Å². The maximum Gasteiger partial charge on any atom is 0.433 e. The summed E-state index contributed by atoms with van der Waals surface area (Å²) in [6.07, 6.45) is -3.28. The molecule has 2 amide bonds. The van der Waals surface area contributed by atoms with Crippen molar-refractivity contribution in [1.82, 2.24) is 20.2 Å². The number of nitrogens with one attached hydrogen (secondary N) is 2. The number of carbonyl (C=O) groups excluding carboxylic acids is 2. The molecule has 7 nitrogen and oxygen atoms in total. The van der Waals surface area contributed by atoms with Crippen LogP contribution in [0, 0.1) is 6.92 Å². The molecule has 0 radical (unpaired) electrons. The minimum atomic E-state index is -4.48. The summed E-state index contributed by atoms with van der Waals surface area (Å²) < 4.78 is 38.2. The van der Waals surface area contributed by atoms with Gasteiger partial charge in [0.15, 0.2) is 0 Å². The average Bonchev–Trinajstić information content (AvgIpc) is 2.95. The largest absolute Gasteiger partial charge is 0.433 e. The predicted molar refractivity (Wildman–Crippen MR) is 99.0 cm³/mol. The van der Waals surface area contributed by atoms with Gasteiger partial charge in [-0.15, -0.1) is 0 Å². The lowest BCUT2D eigenvalue weighted by Crippen LogP contribution is -2.34. The fourth-order valence-electron chi connectivity index (χ4n) is 3.00. The first kappa shape index (κ1) is 20.6. The second-order valence-electron chi connectivity index (χ2n) is 6.75. The van der Waals surface area contributed by atoms with Crippen molar-refractivity contribution in [3.05, 3.63) is 52.5 Å². The van der Waals surface area contributed by atoms with Crippen LogP contribution in [-0.4, -0.2) is 39.8 Å². The number of fused-ring (bicyclic) bond motifs is 1. The van der Waals surface area contributed by atoms with E-state index in [-0.39, 0.29) is 18.4 Å². The molecule has 0 spiro atoms. The molecule has 10 heteroatoms.